The Morgan fingerprint density at radius 3 is 1.94 bits per heavy atom. The lowest BCUT2D eigenvalue weighted by atomic mass is 10.1. The molecule has 0 atom stereocenters. The lowest BCUT2D eigenvalue weighted by Crippen LogP contribution is -2.06. The Morgan fingerprint density at radius 1 is 0.750 bits per heavy atom. The Hall–Kier alpha value is -3.21. The minimum atomic E-state index is -0.279. The fourth-order valence-corrected chi connectivity index (χ4v) is 3.52. The number of rotatable bonds is 12. The SMILES string of the molecule is CCCCCCCCCCOC(=O)c1ccc(-c2cnc(-c3ccc(O)cc3)nc2)cc1. The largest absolute Gasteiger partial charge is 0.508 e. The number of aromatic hydroxyl groups is 1. The van der Waals surface area contributed by atoms with E-state index in [1.165, 1.54) is 38.5 Å². The van der Waals surface area contributed by atoms with Crippen LogP contribution < -0.4 is 0 Å². The number of benzene rings is 2. The monoisotopic (exact) mass is 432 g/mol. The highest BCUT2D eigenvalue weighted by molar-refractivity contribution is 5.90. The third-order valence-electron chi connectivity index (χ3n) is 5.46. The summed E-state index contributed by atoms with van der Waals surface area (Å²) in [6, 6.07) is 14.1. The van der Waals surface area contributed by atoms with Crippen molar-refractivity contribution >= 4 is 5.97 Å². The number of aromatic nitrogens is 2. The van der Waals surface area contributed by atoms with Crippen LogP contribution in [0.5, 0.6) is 5.75 Å². The van der Waals surface area contributed by atoms with Crippen LogP contribution in [-0.4, -0.2) is 27.7 Å². The van der Waals surface area contributed by atoms with Crippen molar-refractivity contribution in [2.75, 3.05) is 6.61 Å². The number of carbonyl (C=O) groups is 1. The average molecular weight is 433 g/mol. The van der Waals surface area contributed by atoms with Crippen molar-refractivity contribution in [3.63, 3.8) is 0 Å². The highest BCUT2D eigenvalue weighted by Gasteiger charge is 2.08. The number of phenols is 1. The molecule has 3 rings (SSSR count). The second-order valence-corrected chi connectivity index (χ2v) is 8.03. The summed E-state index contributed by atoms with van der Waals surface area (Å²) in [6.45, 7) is 2.70. The maximum atomic E-state index is 12.3. The van der Waals surface area contributed by atoms with Gasteiger partial charge in [-0.1, -0.05) is 64.0 Å². The molecule has 0 bridgehead atoms. The van der Waals surface area contributed by atoms with E-state index in [0.29, 0.717) is 18.0 Å². The highest BCUT2D eigenvalue weighted by atomic mass is 16.5. The van der Waals surface area contributed by atoms with E-state index >= 15 is 0 Å². The molecular formula is C27H32N2O3. The molecule has 32 heavy (non-hydrogen) atoms. The molecule has 0 radical (unpaired) electrons. The van der Waals surface area contributed by atoms with E-state index in [1.807, 2.05) is 12.1 Å². The molecule has 0 aliphatic rings. The number of hydrogen-bond donors (Lipinski definition) is 1. The zero-order valence-corrected chi connectivity index (χ0v) is 18.8. The van der Waals surface area contributed by atoms with Crippen LogP contribution in [0, 0.1) is 0 Å². The van der Waals surface area contributed by atoms with Crippen LogP contribution in [0.25, 0.3) is 22.5 Å². The molecule has 0 unspecified atom stereocenters. The lowest BCUT2D eigenvalue weighted by molar-refractivity contribution is 0.0497. The van der Waals surface area contributed by atoms with Gasteiger partial charge in [-0.25, -0.2) is 14.8 Å². The molecule has 0 spiro atoms. The van der Waals surface area contributed by atoms with Gasteiger partial charge in [-0.2, -0.15) is 0 Å². The van der Waals surface area contributed by atoms with E-state index in [1.54, 1.807) is 48.8 Å². The summed E-state index contributed by atoms with van der Waals surface area (Å²) in [6.07, 6.45) is 13.3. The van der Waals surface area contributed by atoms with Crippen LogP contribution in [0.4, 0.5) is 0 Å². The molecule has 5 heteroatoms. The molecular weight excluding hydrogens is 400 g/mol. The van der Waals surface area contributed by atoms with Gasteiger partial charge in [0.2, 0.25) is 0 Å². The van der Waals surface area contributed by atoms with Crippen molar-refractivity contribution in [1.29, 1.82) is 0 Å². The molecule has 2 aromatic carbocycles. The Morgan fingerprint density at radius 2 is 1.31 bits per heavy atom. The topological polar surface area (TPSA) is 72.3 Å². The van der Waals surface area contributed by atoms with Gasteiger partial charge < -0.3 is 9.84 Å². The van der Waals surface area contributed by atoms with Gasteiger partial charge in [-0.3, -0.25) is 0 Å². The second-order valence-electron chi connectivity index (χ2n) is 8.03. The molecule has 0 aliphatic heterocycles. The smallest absolute Gasteiger partial charge is 0.338 e. The second kappa shape index (κ2) is 12.6. The predicted octanol–water partition coefficient (Wildman–Crippen LogP) is 6.81. The maximum Gasteiger partial charge on any atom is 0.338 e. The number of nitrogens with zero attached hydrogens (tertiary/aromatic N) is 2. The summed E-state index contributed by atoms with van der Waals surface area (Å²) < 4.78 is 5.41. The molecule has 0 saturated heterocycles. The molecule has 0 fully saturated rings. The highest BCUT2D eigenvalue weighted by Crippen LogP contribution is 2.22. The Bertz CT molecular complexity index is 952. The molecule has 1 aromatic heterocycles. The number of unbranched alkanes of at least 4 members (excludes halogenated alkanes) is 7. The normalized spacial score (nSPS) is 10.8. The third kappa shape index (κ3) is 7.19. The molecule has 0 saturated carbocycles. The first-order chi connectivity index (χ1) is 15.7. The van der Waals surface area contributed by atoms with Crippen LogP contribution in [0.15, 0.2) is 60.9 Å². The first-order valence-corrected chi connectivity index (χ1v) is 11.6. The number of carbonyl (C=O) groups excluding carboxylic acids is 1. The van der Waals surface area contributed by atoms with Gasteiger partial charge in [0, 0.05) is 23.5 Å². The zero-order chi connectivity index (χ0) is 22.6. The molecule has 5 nitrogen and oxygen atoms in total. The van der Waals surface area contributed by atoms with Crippen LogP contribution in [0.3, 0.4) is 0 Å². The van der Waals surface area contributed by atoms with Crippen molar-refractivity contribution < 1.29 is 14.6 Å². The Kier molecular flexibility index (Phi) is 9.23. The quantitative estimate of drug-likeness (QED) is 0.251. The fourth-order valence-electron chi connectivity index (χ4n) is 3.52. The van der Waals surface area contributed by atoms with E-state index in [0.717, 1.165) is 29.5 Å². The van der Waals surface area contributed by atoms with Gasteiger partial charge >= 0.3 is 5.97 Å². The van der Waals surface area contributed by atoms with Crippen LogP contribution in [0.2, 0.25) is 0 Å². The van der Waals surface area contributed by atoms with Gasteiger partial charge in [0.25, 0.3) is 0 Å². The van der Waals surface area contributed by atoms with Crippen LogP contribution in [0.1, 0.15) is 68.6 Å². The predicted molar refractivity (Wildman–Crippen MR) is 127 cm³/mol. The van der Waals surface area contributed by atoms with Crippen molar-refractivity contribution in [2.24, 2.45) is 0 Å². The molecule has 0 amide bonds. The van der Waals surface area contributed by atoms with Crippen LogP contribution >= 0.6 is 0 Å². The molecule has 168 valence electrons. The van der Waals surface area contributed by atoms with Crippen molar-refractivity contribution in [2.45, 2.75) is 58.3 Å². The van der Waals surface area contributed by atoms with Gasteiger partial charge in [0.15, 0.2) is 5.82 Å². The first-order valence-electron chi connectivity index (χ1n) is 11.6. The summed E-state index contributed by atoms with van der Waals surface area (Å²) in [4.78, 5) is 21.1. The number of hydrogen-bond acceptors (Lipinski definition) is 5. The molecule has 1 N–H and O–H groups in total. The minimum Gasteiger partial charge on any atom is -0.508 e. The summed E-state index contributed by atoms with van der Waals surface area (Å²) in [5.41, 5.74) is 3.19. The van der Waals surface area contributed by atoms with E-state index in [2.05, 4.69) is 16.9 Å². The first kappa shape index (κ1) is 23.5. The fraction of sp³-hybridized carbons (Fsp3) is 0.370. The average Bonchev–Trinajstić information content (AvgIpc) is 2.83. The van der Waals surface area contributed by atoms with Gasteiger partial charge in [-0.05, 0) is 48.4 Å². The minimum absolute atomic E-state index is 0.210. The number of ether oxygens (including phenoxy) is 1. The molecule has 1 heterocycles. The third-order valence-corrected chi connectivity index (χ3v) is 5.46. The molecule has 0 aliphatic carbocycles. The zero-order valence-electron chi connectivity index (χ0n) is 18.8. The van der Waals surface area contributed by atoms with Crippen molar-refractivity contribution in [3.8, 4) is 28.3 Å². The number of esters is 1. The van der Waals surface area contributed by atoms with Crippen molar-refractivity contribution in [3.05, 3.63) is 66.5 Å². The maximum absolute atomic E-state index is 12.3. The standard InChI is InChI=1S/C27H32N2O3/c1-2-3-4-5-6-7-8-9-18-32-27(31)23-12-10-21(11-13-23)24-19-28-26(29-20-24)22-14-16-25(30)17-15-22/h10-17,19-20,30H,2-9,18H2,1H3. The van der Waals surface area contributed by atoms with E-state index in [4.69, 9.17) is 4.74 Å². The van der Waals surface area contributed by atoms with Crippen molar-refractivity contribution in [1.82, 2.24) is 9.97 Å². The Labute approximate surface area is 190 Å². The summed E-state index contributed by atoms with van der Waals surface area (Å²) in [5, 5.41) is 9.40. The van der Waals surface area contributed by atoms with E-state index < -0.39 is 0 Å². The lowest BCUT2D eigenvalue weighted by Gasteiger charge is -2.07. The van der Waals surface area contributed by atoms with Gasteiger partial charge in [0.05, 0.1) is 12.2 Å². The van der Waals surface area contributed by atoms with Gasteiger partial charge in [0.1, 0.15) is 5.75 Å². The van der Waals surface area contributed by atoms with Gasteiger partial charge in [-0.15, -0.1) is 0 Å². The van der Waals surface area contributed by atoms with Crippen LogP contribution in [-0.2, 0) is 4.74 Å². The summed E-state index contributed by atoms with van der Waals surface area (Å²) >= 11 is 0. The summed E-state index contributed by atoms with van der Waals surface area (Å²) in [5.74, 6) is 0.523. The molecule has 3 aromatic rings. The van der Waals surface area contributed by atoms with E-state index in [9.17, 15) is 9.90 Å². The van der Waals surface area contributed by atoms with E-state index in [-0.39, 0.29) is 11.7 Å². The summed E-state index contributed by atoms with van der Waals surface area (Å²) in [7, 11) is 0. The Balaban J connectivity index is 1.44. The number of phenolic OH excluding ortho intramolecular Hbond substituents is 1.